The number of hydrogen-bond acceptors (Lipinski definition) is 2. The minimum atomic E-state index is 0.332. The van der Waals surface area contributed by atoms with Crippen LogP contribution in [0.3, 0.4) is 0 Å². The van der Waals surface area contributed by atoms with Crippen LogP contribution in [0.4, 0.5) is 0 Å². The van der Waals surface area contributed by atoms with Crippen molar-refractivity contribution in [3.63, 3.8) is 0 Å². The highest BCUT2D eigenvalue weighted by Crippen LogP contribution is 2.14. The van der Waals surface area contributed by atoms with E-state index in [1.807, 2.05) is 30.5 Å². The molecular formula is C18H23NO. The Morgan fingerprint density at radius 3 is 2.75 bits per heavy atom. The van der Waals surface area contributed by atoms with Gasteiger partial charge in [-0.3, -0.25) is 9.78 Å². The van der Waals surface area contributed by atoms with Crippen LogP contribution in [0.25, 0.3) is 10.9 Å². The Bertz CT molecular complexity index is 562. The second kappa shape index (κ2) is 7.78. The van der Waals surface area contributed by atoms with Gasteiger partial charge in [-0.25, -0.2) is 0 Å². The fourth-order valence-corrected chi connectivity index (χ4v) is 2.46. The van der Waals surface area contributed by atoms with E-state index >= 15 is 0 Å². The van der Waals surface area contributed by atoms with E-state index in [2.05, 4.69) is 18.0 Å². The number of unbranched alkanes of at least 4 members (excludes halogenated alkanes) is 4. The molecule has 0 aliphatic rings. The Morgan fingerprint density at radius 2 is 1.90 bits per heavy atom. The van der Waals surface area contributed by atoms with Gasteiger partial charge in [0.1, 0.15) is 5.78 Å². The molecule has 0 N–H and O–H groups in total. The Kier molecular flexibility index (Phi) is 5.72. The molecule has 20 heavy (non-hydrogen) atoms. The normalized spacial score (nSPS) is 10.8. The molecule has 2 rings (SSSR count). The lowest BCUT2D eigenvalue weighted by molar-refractivity contribution is -0.118. The molecule has 0 amide bonds. The van der Waals surface area contributed by atoms with Crippen molar-refractivity contribution in [1.29, 1.82) is 0 Å². The molecule has 0 saturated carbocycles. The van der Waals surface area contributed by atoms with E-state index in [0.717, 1.165) is 22.9 Å². The topological polar surface area (TPSA) is 30.0 Å². The molecule has 106 valence electrons. The second-order valence-electron chi connectivity index (χ2n) is 5.42. The lowest BCUT2D eigenvalue weighted by Crippen LogP contribution is -2.03. The maximum Gasteiger partial charge on any atom is 0.137 e. The van der Waals surface area contributed by atoms with E-state index < -0.39 is 0 Å². The van der Waals surface area contributed by atoms with Gasteiger partial charge in [-0.2, -0.15) is 0 Å². The number of nitrogens with zero attached hydrogens (tertiary/aromatic N) is 1. The average molecular weight is 269 g/mol. The quantitative estimate of drug-likeness (QED) is 0.650. The van der Waals surface area contributed by atoms with E-state index in [1.54, 1.807) is 0 Å². The highest BCUT2D eigenvalue weighted by molar-refractivity contribution is 5.83. The van der Waals surface area contributed by atoms with Gasteiger partial charge in [-0.05, 0) is 24.1 Å². The summed E-state index contributed by atoms with van der Waals surface area (Å²) in [5.74, 6) is 0.332. The molecule has 1 heterocycles. The maximum absolute atomic E-state index is 12.0. The van der Waals surface area contributed by atoms with Gasteiger partial charge in [0.15, 0.2) is 0 Å². The van der Waals surface area contributed by atoms with E-state index in [1.165, 1.54) is 25.7 Å². The van der Waals surface area contributed by atoms with Gasteiger partial charge < -0.3 is 0 Å². The number of para-hydroxylation sites is 1. The molecule has 0 saturated heterocycles. The van der Waals surface area contributed by atoms with Gasteiger partial charge in [0, 0.05) is 24.4 Å². The fraction of sp³-hybridized carbons (Fsp3) is 0.444. The number of carbonyl (C=O) groups is 1. The van der Waals surface area contributed by atoms with Crippen molar-refractivity contribution in [2.75, 3.05) is 0 Å². The summed E-state index contributed by atoms with van der Waals surface area (Å²) in [4.78, 5) is 16.4. The number of carbonyl (C=O) groups excluding carboxylic acids is 1. The molecule has 2 nitrogen and oxygen atoms in total. The van der Waals surface area contributed by atoms with Crippen LogP contribution in [0.5, 0.6) is 0 Å². The van der Waals surface area contributed by atoms with Crippen molar-refractivity contribution >= 4 is 16.7 Å². The van der Waals surface area contributed by atoms with E-state index in [4.69, 9.17) is 0 Å². The van der Waals surface area contributed by atoms with Crippen LogP contribution in [0, 0.1) is 0 Å². The van der Waals surface area contributed by atoms with Crippen LogP contribution in [-0.4, -0.2) is 10.8 Å². The minimum absolute atomic E-state index is 0.332. The van der Waals surface area contributed by atoms with Gasteiger partial charge in [-0.1, -0.05) is 50.8 Å². The summed E-state index contributed by atoms with van der Waals surface area (Å²) in [5, 5.41) is 1.11. The number of ketones is 1. The van der Waals surface area contributed by atoms with Crippen LogP contribution in [0.15, 0.2) is 36.5 Å². The van der Waals surface area contributed by atoms with Crippen molar-refractivity contribution in [3.8, 4) is 0 Å². The van der Waals surface area contributed by atoms with Gasteiger partial charge in [0.2, 0.25) is 0 Å². The Balaban J connectivity index is 1.83. The molecule has 2 heteroatoms. The molecule has 0 bridgehead atoms. The average Bonchev–Trinajstić information content (AvgIpc) is 2.47. The largest absolute Gasteiger partial charge is 0.299 e. The number of benzene rings is 1. The molecule has 1 aromatic heterocycles. The summed E-state index contributed by atoms with van der Waals surface area (Å²) < 4.78 is 0. The summed E-state index contributed by atoms with van der Waals surface area (Å²) in [5.41, 5.74) is 2.02. The molecule has 1 aromatic carbocycles. The second-order valence-corrected chi connectivity index (χ2v) is 5.42. The molecule has 2 aromatic rings. The smallest absolute Gasteiger partial charge is 0.137 e. The Morgan fingerprint density at radius 1 is 1.10 bits per heavy atom. The zero-order valence-electron chi connectivity index (χ0n) is 12.3. The summed E-state index contributed by atoms with van der Waals surface area (Å²) in [6, 6.07) is 10.1. The van der Waals surface area contributed by atoms with Crippen LogP contribution >= 0.6 is 0 Å². The number of fused-ring (bicyclic) bond motifs is 1. The third-order valence-corrected chi connectivity index (χ3v) is 3.61. The molecule has 0 aliphatic heterocycles. The monoisotopic (exact) mass is 269 g/mol. The van der Waals surface area contributed by atoms with Gasteiger partial charge in [0.05, 0.1) is 5.52 Å². The number of aromatic nitrogens is 1. The SMILES string of the molecule is CCCCCCCC(=O)Cc1cnc2ccccc2c1. The Hall–Kier alpha value is -1.70. The Labute approximate surface area is 121 Å². The summed E-state index contributed by atoms with van der Waals surface area (Å²) >= 11 is 0. The van der Waals surface area contributed by atoms with Crippen molar-refractivity contribution in [2.45, 2.75) is 51.9 Å². The molecule has 0 spiro atoms. The molecular weight excluding hydrogens is 246 g/mol. The molecule has 0 unspecified atom stereocenters. The third kappa shape index (κ3) is 4.44. The predicted molar refractivity (Wildman–Crippen MR) is 83.8 cm³/mol. The first-order valence-electron chi connectivity index (χ1n) is 7.65. The third-order valence-electron chi connectivity index (χ3n) is 3.61. The zero-order chi connectivity index (χ0) is 14.2. The van der Waals surface area contributed by atoms with E-state index in [0.29, 0.717) is 18.6 Å². The maximum atomic E-state index is 12.0. The summed E-state index contributed by atoms with van der Waals surface area (Å²) in [6.45, 7) is 2.21. The van der Waals surface area contributed by atoms with E-state index in [-0.39, 0.29) is 0 Å². The first-order valence-corrected chi connectivity index (χ1v) is 7.65. The summed E-state index contributed by atoms with van der Waals surface area (Å²) in [6.07, 6.45) is 9.04. The highest BCUT2D eigenvalue weighted by atomic mass is 16.1. The molecule has 0 atom stereocenters. The van der Waals surface area contributed by atoms with Crippen molar-refractivity contribution in [3.05, 3.63) is 42.1 Å². The first-order chi connectivity index (χ1) is 9.79. The number of pyridine rings is 1. The van der Waals surface area contributed by atoms with Crippen molar-refractivity contribution in [2.24, 2.45) is 0 Å². The molecule has 0 aliphatic carbocycles. The highest BCUT2D eigenvalue weighted by Gasteiger charge is 2.05. The van der Waals surface area contributed by atoms with Crippen molar-refractivity contribution in [1.82, 2.24) is 4.98 Å². The van der Waals surface area contributed by atoms with Crippen molar-refractivity contribution < 1.29 is 4.79 Å². The van der Waals surface area contributed by atoms with Crippen LogP contribution in [0.2, 0.25) is 0 Å². The standard InChI is InChI=1S/C18H23NO/c1-2-3-4-5-6-10-17(20)13-15-12-16-9-7-8-11-18(16)19-14-15/h7-9,11-12,14H,2-6,10,13H2,1H3. The number of rotatable bonds is 8. The lowest BCUT2D eigenvalue weighted by Gasteiger charge is -2.03. The lowest BCUT2D eigenvalue weighted by atomic mass is 10.0. The van der Waals surface area contributed by atoms with Crippen LogP contribution in [-0.2, 0) is 11.2 Å². The van der Waals surface area contributed by atoms with Crippen LogP contribution in [0.1, 0.15) is 51.0 Å². The first kappa shape index (κ1) is 14.7. The zero-order valence-corrected chi connectivity index (χ0v) is 12.3. The number of hydrogen-bond donors (Lipinski definition) is 0. The predicted octanol–water partition coefficient (Wildman–Crippen LogP) is 4.71. The van der Waals surface area contributed by atoms with Gasteiger partial charge in [-0.15, -0.1) is 0 Å². The fourth-order valence-electron chi connectivity index (χ4n) is 2.46. The van der Waals surface area contributed by atoms with E-state index in [9.17, 15) is 4.79 Å². The number of Topliss-reactive ketones (excluding diaryl/α,β-unsaturated/α-hetero) is 1. The molecule has 0 radical (unpaired) electrons. The molecule has 0 fully saturated rings. The van der Waals surface area contributed by atoms with Crippen LogP contribution < -0.4 is 0 Å². The van der Waals surface area contributed by atoms with Gasteiger partial charge in [0.25, 0.3) is 0 Å². The van der Waals surface area contributed by atoms with Gasteiger partial charge >= 0.3 is 0 Å². The minimum Gasteiger partial charge on any atom is -0.299 e. The summed E-state index contributed by atoms with van der Waals surface area (Å²) in [7, 11) is 0.